The normalized spacial score (nSPS) is 24.7. The number of pyridine rings is 1. The molecule has 0 saturated carbocycles. The van der Waals surface area contributed by atoms with Gasteiger partial charge in [0.05, 0.1) is 11.7 Å². The maximum atomic E-state index is 14.0. The van der Waals surface area contributed by atoms with Crippen molar-refractivity contribution in [3.8, 4) is 0 Å². The van der Waals surface area contributed by atoms with Gasteiger partial charge in [0.1, 0.15) is 5.82 Å². The van der Waals surface area contributed by atoms with E-state index in [1.54, 1.807) is 0 Å². The van der Waals surface area contributed by atoms with Crippen LogP contribution >= 0.6 is 0 Å². The molecule has 4 heterocycles. The van der Waals surface area contributed by atoms with Crippen LogP contribution in [-0.2, 0) is 4.79 Å². The molecule has 3 aliphatic heterocycles. The van der Waals surface area contributed by atoms with Gasteiger partial charge in [-0.05, 0) is 63.7 Å². The SMILES string of the molecule is Cc1ccc(C2C(=Cc3cccc(N4CCN(C)CC4)n3)C(=O)C(C)(C)CN2CCN2CCCCC2)cc1. The van der Waals surface area contributed by atoms with Gasteiger partial charge in [-0.15, -0.1) is 0 Å². The number of nitrogens with zero attached hydrogens (tertiary/aromatic N) is 5. The maximum Gasteiger partial charge on any atom is 0.167 e. The van der Waals surface area contributed by atoms with Crippen molar-refractivity contribution in [1.82, 2.24) is 19.7 Å². The van der Waals surface area contributed by atoms with Crippen molar-refractivity contribution in [2.75, 3.05) is 70.9 Å². The van der Waals surface area contributed by atoms with E-state index >= 15 is 0 Å². The summed E-state index contributed by atoms with van der Waals surface area (Å²) in [5.74, 6) is 1.24. The zero-order valence-electron chi connectivity index (χ0n) is 23.8. The molecular formula is C32H45N5O. The van der Waals surface area contributed by atoms with Crippen LogP contribution in [-0.4, -0.2) is 91.4 Å². The molecule has 2 aromatic rings. The minimum Gasteiger partial charge on any atom is -0.354 e. The highest BCUT2D eigenvalue weighted by atomic mass is 16.1. The molecule has 3 fully saturated rings. The lowest BCUT2D eigenvalue weighted by molar-refractivity contribution is -0.128. The van der Waals surface area contributed by atoms with Gasteiger partial charge in [-0.2, -0.15) is 0 Å². The number of carbonyl (C=O) groups excluding carboxylic acids is 1. The Kier molecular flexibility index (Phi) is 8.32. The molecule has 0 bridgehead atoms. The Morgan fingerprint density at radius 2 is 1.63 bits per heavy atom. The first-order valence-corrected chi connectivity index (χ1v) is 14.5. The number of ketones is 1. The number of aromatic nitrogens is 1. The number of likely N-dealkylation sites (N-methyl/N-ethyl adjacent to an activating group) is 1. The minimum atomic E-state index is -0.440. The summed E-state index contributed by atoms with van der Waals surface area (Å²) in [6.45, 7) is 15.5. The number of anilines is 1. The van der Waals surface area contributed by atoms with E-state index in [1.165, 1.54) is 43.5 Å². The van der Waals surface area contributed by atoms with Crippen LogP contribution in [0.25, 0.3) is 6.08 Å². The first-order chi connectivity index (χ1) is 18.3. The molecule has 0 radical (unpaired) electrons. The molecule has 38 heavy (non-hydrogen) atoms. The van der Waals surface area contributed by atoms with Gasteiger partial charge in [-0.1, -0.05) is 56.2 Å². The van der Waals surface area contributed by atoms with E-state index in [2.05, 4.69) is 89.9 Å². The van der Waals surface area contributed by atoms with E-state index in [0.717, 1.165) is 62.9 Å². The molecule has 6 heteroatoms. The van der Waals surface area contributed by atoms with Crippen LogP contribution in [0.2, 0.25) is 0 Å². The molecule has 1 aromatic carbocycles. The third kappa shape index (κ3) is 6.19. The van der Waals surface area contributed by atoms with Crippen LogP contribution in [0.4, 0.5) is 5.82 Å². The Labute approximate surface area is 229 Å². The Morgan fingerprint density at radius 3 is 2.34 bits per heavy atom. The number of hydrogen-bond donors (Lipinski definition) is 0. The number of Topliss-reactive ketones (excluding diaryl/α,β-unsaturated/α-hetero) is 1. The summed E-state index contributed by atoms with van der Waals surface area (Å²) in [7, 11) is 2.17. The number of piperazine rings is 1. The topological polar surface area (TPSA) is 42.9 Å². The van der Waals surface area contributed by atoms with Crippen LogP contribution in [0.1, 0.15) is 56.0 Å². The Morgan fingerprint density at radius 1 is 0.921 bits per heavy atom. The fourth-order valence-electron chi connectivity index (χ4n) is 6.22. The summed E-state index contributed by atoms with van der Waals surface area (Å²) >= 11 is 0. The van der Waals surface area contributed by atoms with Gasteiger partial charge in [0.2, 0.25) is 0 Å². The maximum absolute atomic E-state index is 14.0. The van der Waals surface area contributed by atoms with E-state index in [-0.39, 0.29) is 11.8 Å². The van der Waals surface area contributed by atoms with E-state index in [0.29, 0.717) is 0 Å². The van der Waals surface area contributed by atoms with Gasteiger partial charge in [0.15, 0.2) is 5.78 Å². The Hall–Kier alpha value is -2.54. The highest BCUT2D eigenvalue weighted by molar-refractivity contribution is 6.05. The standard InChI is InChI=1S/C32H45N5O/c1-25-11-13-26(14-12-25)30-28(23-27-9-8-10-29(33-27)36-20-17-34(4)18-21-36)31(38)32(2,3)24-37(30)22-19-35-15-6-5-7-16-35/h8-14,23,30H,5-7,15-22,24H2,1-4H3. The quantitative estimate of drug-likeness (QED) is 0.521. The summed E-state index contributed by atoms with van der Waals surface area (Å²) in [5, 5.41) is 0. The van der Waals surface area contributed by atoms with Crippen LogP contribution < -0.4 is 4.90 Å². The number of benzene rings is 1. The van der Waals surface area contributed by atoms with Gasteiger partial charge in [-0.3, -0.25) is 9.69 Å². The van der Waals surface area contributed by atoms with Crippen LogP contribution in [0.3, 0.4) is 0 Å². The zero-order valence-corrected chi connectivity index (χ0v) is 23.8. The number of piperidine rings is 2. The minimum absolute atomic E-state index is 0.0602. The second kappa shape index (κ2) is 11.7. The second-order valence-electron chi connectivity index (χ2n) is 12.2. The van der Waals surface area contributed by atoms with Gasteiger partial charge in [0.25, 0.3) is 0 Å². The molecule has 1 atom stereocenters. The highest BCUT2D eigenvalue weighted by Crippen LogP contribution is 2.41. The predicted octanol–water partition coefficient (Wildman–Crippen LogP) is 4.66. The molecule has 204 valence electrons. The molecule has 5 rings (SSSR count). The zero-order chi connectivity index (χ0) is 26.7. The number of likely N-dealkylation sites (tertiary alicyclic amines) is 2. The Balaban J connectivity index is 1.49. The molecule has 1 unspecified atom stereocenters. The van der Waals surface area contributed by atoms with Crippen molar-refractivity contribution < 1.29 is 4.79 Å². The lowest BCUT2D eigenvalue weighted by Crippen LogP contribution is -2.51. The van der Waals surface area contributed by atoms with Gasteiger partial charge < -0.3 is 14.7 Å². The molecular weight excluding hydrogens is 470 g/mol. The third-order valence-electron chi connectivity index (χ3n) is 8.57. The van der Waals surface area contributed by atoms with Gasteiger partial charge in [0, 0.05) is 56.8 Å². The van der Waals surface area contributed by atoms with E-state index < -0.39 is 5.41 Å². The summed E-state index contributed by atoms with van der Waals surface area (Å²) in [6.07, 6.45) is 6.03. The molecule has 0 spiro atoms. The van der Waals surface area contributed by atoms with Crippen LogP contribution in [0.5, 0.6) is 0 Å². The summed E-state index contributed by atoms with van der Waals surface area (Å²) in [5.41, 5.74) is 3.73. The Bertz CT molecular complexity index is 1130. The smallest absolute Gasteiger partial charge is 0.167 e. The van der Waals surface area contributed by atoms with Crippen molar-refractivity contribution in [1.29, 1.82) is 0 Å². The van der Waals surface area contributed by atoms with Gasteiger partial charge in [-0.25, -0.2) is 4.98 Å². The molecule has 1 aromatic heterocycles. The van der Waals surface area contributed by atoms with E-state index in [1.807, 2.05) is 6.07 Å². The lowest BCUT2D eigenvalue weighted by atomic mass is 9.74. The summed E-state index contributed by atoms with van der Waals surface area (Å²) in [4.78, 5) is 28.9. The molecule has 3 aliphatic rings. The first kappa shape index (κ1) is 27.0. The monoisotopic (exact) mass is 515 g/mol. The first-order valence-electron chi connectivity index (χ1n) is 14.5. The van der Waals surface area contributed by atoms with Crippen molar-refractivity contribution >= 4 is 17.7 Å². The average molecular weight is 516 g/mol. The lowest BCUT2D eigenvalue weighted by Gasteiger charge is -2.45. The second-order valence-corrected chi connectivity index (χ2v) is 12.2. The fraction of sp³-hybridized carbons (Fsp3) is 0.562. The van der Waals surface area contributed by atoms with Crippen molar-refractivity contribution in [3.63, 3.8) is 0 Å². The molecule has 0 amide bonds. The predicted molar refractivity (Wildman–Crippen MR) is 156 cm³/mol. The van der Waals surface area contributed by atoms with Crippen LogP contribution in [0.15, 0.2) is 48.0 Å². The molecule has 6 nitrogen and oxygen atoms in total. The van der Waals surface area contributed by atoms with Crippen molar-refractivity contribution in [3.05, 3.63) is 64.9 Å². The van der Waals surface area contributed by atoms with Gasteiger partial charge >= 0.3 is 0 Å². The van der Waals surface area contributed by atoms with Crippen molar-refractivity contribution in [2.24, 2.45) is 5.41 Å². The number of rotatable bonds is 6. The largest absolute Gasteiger partial charge is 0.354 e. The average Bonchev–Trinajstić information content (AvgIpc) is 2.92. The summed E-state index contributed by atoms with van der Waals surface area (Å²) in [6, 6.07) is 14.9. The summed E-state index contributed by atoms with van der Waals surface area (Å²) < 4.78 is 0. The number of carbonyl (C=O) groups is 1. The highest BCUT2D eigenvalue weighted by Gasteiger charge is 2.44. The van der Waals surface area contributed by atoms with E-state index in [9.17, 15) is 4.79 Å². The van der Waals surface area contributed by atoms with Crippen molar-refractivity contribution in [2.45, 2.75) is 46.1 Å². The number of aryl methyl sites for hydroxylation is 1. The fourth-order valence-corrected chi connectivity index (χ4v) is 6.22. The van der Waals surface area contributed by atoms with E-state index in [4.69, 9.17) is 4.98 Å². The van der Waals surface area contributed by atoms with Crippen LogP contribution in [0, 0.1) is 12.3 Å². The number of hydrogen-bond acceptors (Lipinski definition) is 6. The molecule has 0 N–H and O–H groups in total. The molecule has 0 aliphatic carbocycles. The molecule has 3 saturated heterocycles. The third-order valence-corrected chi connectivity index (χ3v) is 8.57.